The molecular weight excluding hydrogens is 540 g/mol. The van der Waals surface area contributed by atoms with Crippen molar-refractivity contribution in [3.05, 3.63) is 12.2 Å². The molecule has 2 saturated heterocycles. The Morgan fingerprint density at radius 1 is 0.750 bits per heavy atom. The van der Waals surface area contributed by atoms with Gasteiger partial charge in [-0.2, -0.15) is 0 Å². The number of ether oxygens (including phenoxy) is 2. The van der Waals surface area contributed by atoms with E-state index in [1.54, 1.807) is 13.8 Å². The highest BCUT2D eigenvalue weighted by Gasteiger charge is 2.73. The highest BCUT2D eigenvalue weighted by atomic mass is 16.6. The third kappa shape index (κ3) is 5.92. The lowest BCUT2D eigenvalue weighted by atomic mass is 9.64. The van der Waals surface area contributed by atoms with Gasteiger partial charge in [0.2, 0.25) is 17.2 Å². The number of hydrogen-bond acceptors (Lipinski definition) is 15. The smallest absolute Gasteiger partial charge is 0.241 e. The average molecular weight is 581 g/mol. The Labute approximate surface area is 229 Å². The quantitative estimate of drug-likeness (QED) is 0.0555. The fourth-order valence-corrected chi connectivity index (χ4v) is 4.99. The van der Waals surface area contributed by atoms with Gasteiger partial charge in [-0.05, 0) is 18.9 Å². The summed E-state index contributed by atoms with van der Waals surface area (Å²) in [5, 5.41) is 107. The summed E-state index contributed by atoms with van der Waals surface area (Å²) in [5.41, 5.74) is -7.71. The molecule has 15 nitrogen and oxygen atoms in total. The molecule has 0 aliphatic carbocycles. The number of ketones is 3. The Hall–Kier alpha value is -1.73. The van der Waals surface area contributed by atoms with Gasteiger partial charge in [0.1, 0.15) is 61.0 Å². The summed E-state index contributed by atoms with van der Waals surface area (Å²) in [4.78, 5) is 40.0. The van der Waals surface area contributed by atoms with Crippen molar-refractivity contribution < 1.29 is 74.9 Å². The van der Waals surface area contributed by atoms with Crippen molar-refractivity contribution in [3.63, 3.8) is 0 Å². The maximum atomic E-state index is 13.6. The number of carbonyl (C=O) groups excluding carboxylic acids is 3. The lowest BCUT2D eigenvalue weighted by molar-refractivity contribution is -0.345. The molecule has 0 spiro atoms. The van der Waals surface area contributed by atoms with Crippen LogP contribution in [-0.4, -0.2) is 154 Å². The Morgan fingerprint density at radius 2 is 1.20 bits per heavy atom. The monoisotopic (exact) mass is 580 g/mol. The van der Waals surface area contributed by atoms with Crippen molar-refractivity contribution in [2.24, 2.45) is 0 Å². The van der Waals surface area contributed by atoms with Gasteiger partial charge in [0.05, 0.1) is 13.2 Å². The van der Waals surface area contributed by atoms with Crippen molar-refractivity contribution in [1.82, 2.24) is 0 Å². The van der Waals surface area contributed by atoms with Gasteiger partial charge >= 0.3 is 0 Å². The van der Waals surface area contributed by atoms with Gasteiger partial charge in [-0.15, -0.1) is 0 Å². The number of unbranched alkanes of at least 4 members (excludes halogenated alkanes) is 1. The summed E-state index contributed by atoms with van der Waals surface area (Å²) < 4.78 is 10.8. The van der Waals surface area contributed by atoms with Crippen LogP contribution in [0, 0.1) is 0 Å². The molecule has 0 aromatic carbocycles. The zero-order valence-electron chi connectivity index (χ0n) is 22.2. The summed E-state index contributed by atoms with van der Waals surface area (Å²) in [7, 11) is 0. The van der Waals surface area contributed by atoms with Gasteiger partial charge < -0.3 is 60.5 Å². The number of aliphatic hydroxyl groups is 10. The molecule has 0 aromatic rings. The second-order valence-electron chi connectivity index (χ2n) is 10.1. The number of allylic oxidation sites excluding steroid dienone is 1. The van der Waals surface area contributed by atoms with E-state index in [9.17, 15) is 65.4 Å². The molecule has 2 rings (SSSR count). The Bertz CT molecular complexity index is 884. The number of carbonyl (C=O) groups is 3. The maximum absolute atomic E-state index is 13.6. The number of aliphatic hydroxyl groups excluding tert-OH is 8. The zero-order chi connectivity index (χ0) is 30.6. The predicted octanol–water partition coefficient (Wildman–Crippen LogP) is -5.00. The van der Waals surface area contributed by atoms with Crippen molar-refractivity contribution >= 4 is 17.3 Å². The molecule has 0 bridgehead atoms. The maximum Gasteiger partial charge on any atom is 0.241 e. The van der Waals surface area contributed by atoms with Crippen LogP contribution in [0.4, 0.5) is 0 Å². The third-order valence-corrected chi connectivity index (χ3v) is 7.43. The van der Waals surface area contributed by atoms with Gasteiger partial charge in [0.25, 0.3) is 0 Å². The first-order valence-electron chi connectivity index (χ1n) is 13.0. The Balaban J connectivity index is 2.92. The van der Waals surface area contributed by atoms with Crippen LogP contribution in [0.5, 0.6) is 0 Å². The van der Waals surface area contributed by atoms with E-state index in [0.717, 1.165) is 6.08 Å². The first-order chi connectivity index (χ1) is 18.7. The fourth-order valence-electron chi connectivity index (χ4n) is 4.99. The minimum absolute atomic E-state index is 0.123. The van der Waals surface area contributed by atoms with E-state index in [1.807, 2.05) is 0 Å². The SMILES string of the molecule is CCC=CC(=O)C(O)(C(=O)C(=O)CCCC)C(O)(C1O[C@H](CO)[C@@H](O)[C@H](O)[C@H]1O)C1O[C@H](CO)[C@@H](O)[C@H](O)[C@H]1O. The summed E-state index contributed by atoms with van der Waals surface area (Å²) in [6.45, 7) is 1.13. The summed E-state index contributed by atoms with van der Waals surface area (Å²) in [5.74, 6) is -4.90. The summed E-state index contributed by atoms with van der Waals surface area (Å²) in [6, 6.07) is 0. The highest BCUT2D eigenvalue weighted by molar-refractivity contribution is 6.46. The van der Waals surface area contributed by atoms with Crippen molar-refractivity contribution in [2.45, 2.75) is 112 Å². The molecule has 11 atom stereocenters. The van der Waals surface area contributed by atoms with Gasteiger partial charge in [-0.1, -0.05) is 26.3 Å². The minimum Gasteiger partial charge on any atom is -0.394 e. The zero-order valence-corrected chi connectivity index (χ0v) is 22.2. The number of rotatable bonds is 13. The van der Waals surface area contributed by atoms with Crippen molar-refractivity contribution in [2.75, 3.05) is 13.2 Å². The van der Waals surface area contributed by atoms with E-state index in [4.69, 9.17) is 9.47 Å². The molecule has 2 fully saturated rings. The predicted molar refractivity (Wildman–Crippen MR) is 131 cm³/mol. The molecule has 230 valence electrons. The first kappa shape index (κ1) is 34.5. The summed E-state index contributed by atoms with van der Waals surface area (Å²) in [6.07, 6.45) is -20.2. The molecule has 3 unspecified atom stereocenters. The molecule has 2 aliphatic rings. The molecule has 0 aromatic heterocycles. The van der Waals surface area contributed by atoms with E-state index in [0.29, 0.717) is 12.5 Å². The van der Waals surface area contributed by atoms with Crippen LogP contribution < -0.4 is 0 Å². The van der Waals surface area contributed by atoms with E-state index in [1.165, 1.54) is 0 Å². The van der Waals surface area contributed by atoms with Gasteiger partial charge in [-0.3, -0.25) is 14.4 Å². The number of Topliss-reactive ketones (excluding diaryl/α,β-unsaturated/α-hetero) is 2. The van der Waals surface area contributed by atoms with Crippen LogP contribution in [0.1, 0.15) is 39.5 Å². The Morgan fingerprint density at radius 3 is 1.57 bits per heavy atom. The lowest BCUT2D eigenvalue weighted by Crippen LogP contribution is -2.83. The molecular formula is C25H40O15. The van der Waals surface area contributed by atoms with Crippen molar-refractivity contribution in [1.29, 1.82) is 0 Å². The summed E-state index contributed by atoms with van der Waals surface area (Å²) >= 11 is 0. The minimum atomic E-state index is -3.94. The topological polar surface area (TPSA) is 272 Å². The first-order valence-corrected chi connectivity index (χ1v) is 13.0. The molecule has 15 heteroatoms. The molecule has 0 saturated carbocycles. The Kier molecular flexibility index (Phi) is 12.0. The largest absolute Gasteiger partial charge is 0.394 e. The van der Waals surface area contributed by atoms with Gasteiger partial charge in [0.15, 0.2) is 11.4 Å². The van der Waals surface area contributed by atoms with Crippen LogP contribution in [0.3, 0.4) is 0 Å². The second-order valence-corrected chi connectivity index (χ2v) is 10.1. The van der Waals surface area contributed by atoms with Crippen molar-refractivity contribution in [3.8, 4) is 0 Å². The molecule has 40 heavy (non-hydrogen) atoms. The normalized spacial score (nSPS) is 38.0. The third-order valence-electron chi connectivity index (χ3n) is 7.43. The molecule has 2 heterocycles. The van der Waals surface area contributed by atoms with Crippen LogP contribution >= 0.6 is 0 Å². The molecule has 0 amide bonds. The average Bonchev–Trinajstić information content (AvgIpc) is 2.95. The van der Waals surface area contributed by atoms with Crippen LogP contribution in [0.15, 0.2) is 12.2 Å². The fraction of sp³-hybridized carbons (Fsp3) is 0.800. The lowest BCUT2D eigenvalue weighted by Gasteiger charge is -2.56. The second kappa shape index (κ2) is 14.0. The van der Waals surface area contributed by atoms with E-state index in [-0.39, 0.29) is 12.8 Å². The highest BCUT2D eigenvalue weighted by Crippen LogP contribution is 2.44. The van der Waals surface area contributed by atoms with Crippen LogP contribution in [0.25, 0.3) is 0 Å². The molecule has 10 N–H and O–H groups in total. The standard InChI is InChI=1S/C25H40O15/c1-3-5-7-11(28)21(36)24(37,14(29)8-6-4-2)25(38,22-19(34)17(32)15(30)12(9-26)39-22)23-20(35)18(33)16(31)13(10-27)40-23/h6,8,12-13,15-20,22-23,26-27,30-35,37-38H,3-5,7,9-10H2,1-2H3/t12-,13-,15-,16-,17+,18+,19-,20-,22?,23?,24?,25?/m1/s1. The van der Waals surface area contributed by atoms with E-state index >= 15 is 0 Å². The van der Waals surface area contributed by atoms with Gasteiger partial charge in [-0.25, -0.2) is 0 Å². The number of hydrogen-bond donors (Lipinski definition) is 10. The molecule has 2 aliphatic heterocycles. The van der Waals surface area contributed by atoms with E-state index < -0.39 is 109 Å². The van der Waals surface area contributed by atoms with E-state index in [2.05, 4.69) is 0 Å². The van der Waals surface area contributed by atoms with Crippen LogP contribution in [-0.2, 0) is 23.9 Å². The van der Waals surface area contributed by atoms with Gasteiger partial charge in [0, 0.05) is 6.42 Å². The van der Waals surface area contributed by atoms with Crippen LogP contribution in [0.2, 0.25) is 0 Å². The molecule has 0 radical (unpaired) electrons.